The molecule has 0 bridgehead atoms. The molecule has 0 aromatic carbocycles. The van der Waals surface area contributed by atoms with Gasteiger partial charge in [-0.2, -0.15) is 0 Å². The minimum absolute atomic E-state index is 0.106. The number of halogens is 1. The molecule has 4 heterocycles. The Balaban J connectivity index is 1.75. The maximum atomic E-state index is 13.0. The zero-order chi connectivity index (χ0) is 23.9. The molecule has 0 saturated carbocycles. The highest BCUT2D eigenvalue weighted by molar-refractivity contribution is 6.29. The van der Waals surface area contributed by atoms with Crippen molar-refractivity contribution in [3.8, 4) is 0 Å². The number of carbonyl (C=O) groups is 1. The molecule has 8 nitrogen and oxygen atoms in total. The van der Waals surface area contributed by atoms with Gasteiger partial charge in [0.2, 0.25) is 0 Å². The van der Waals surface area contributed by atoms with Gasteiger partial charge in [0.25, 0.3) is 5.56 Å². The van der Waals surface area contributed by atoms with Crippen LogP contribution in [0.25, 0.3) is 5.65 Å². The molecule has 33 heavy (non-hydrogen) atoms. The third kappa shape index (κ3) is 4.80. The first kappa shape index (κ1) is 23.0. The fourth-order valence-corrected chi connectivity index (χ4v) is 4.35. The lowest BCUT2D eigenvalue weighted by Crippen LogP contribution is -2.38. The minimum atomic E-state index is -1.18. The van der Waals surface area contributed by atoms with Crippen molar-refractivity contribution in [1.29, 1.82) is 0 Å². The average Bonchev–Trinajstić information content (AvgIpc) is 2.74. The van der Waals surface area contributed by atoms with Crippen LogP contribution in [0.4, 0.5) is 11.5 Å². The summed E-state index contributed by atoms with van der Waals surface area (Å²) in [6.07, 6.45) is 3.85. The van der Waals surface area contributed by atoms with Crippen molar-refractivity contribution in [3.63, 3.8) is 0 Å². The number of aromatic carboxylic acids is 1. The minimum Gasteiger partial charge on any atom is -0.476 e. The quantitative estimate of drug-likeness (QED) is 0.529. The van der Waals surface area contributed by atoms with Crippen LogP contribution in [0.5, 0.6) is 0 Å². The van der Waals surface area contributed by atoms with E-state index in [2.05, 4.69) is 29.0 Å². The molecule has 1 aliphatic heterocycles. The predicted molar refractivity (Wildman–Crippen MR) is 130 cm³/mol. The van der Waals surface area contributed by atoms with Gasteiger partial charge in [-0.05, 0) is 55.9 Å². The van der Waals surface area contributed by atoms with Crippen molar-refractivity contribution >= 4 is 34.7 Å². The Kier molecular flexibility index (Phi) is 6.05. The van der Waals surface area contributed by atoms with E-state index < -0.39 is 5.97 Å². The van der Waals surface area contributed by atoms with Crippen LogP contribution >= 0.6 is 11.6 Å². The number of fused-ring (bicyclic) bond motifs is 1. The average molecular weight is 470 g/mol. The summed E-state index contributed by atoms with van der Waals surface area (Å²) in [5.74, 6) is -0.502. The summed E-state index contributed by atoms with van der Waals surface area (Å²) < 4.78 is 1.55. The van der Waals surface area contributed by atoms with Gasteiger partial charge in [0.05, 0.1) is 11.7 Å². The zero-order valence-corrected chi connectivity index (χ0v) is 20.0. The van der Waals surface area contributed by atoms with Crippen molar-refractivity contribution in [2.75, 3.05) is 23.3 Å². The third-order valence-corrected chi connectivity index (χ3v) is 6.47. The van der Waals surface area contributed by atoms with Crippen LogP contribution in [0.15, 0.2) is 35.3 Å². The van der Waals surface area contributed by atoms with Crippen LogP contribution in [0.3, 0.4) is 0 Å². The van der Waals surface area contributed by atoms with Crippen LogP contribution in [-0.4, -0.2) is 38.5 Å². The molecule has 0 unspecified atom stereocenters. The molecule has 0 aliphatic carbocycles. The number of rotatable bonds is 5. The molecule has 1 fully saturated rings. The largest absolute Gasteiger partial charge is 0.476 e. The molecule has 1 saturated heterocycles. The summed E-state index contributed by atoms with van der Waals surface area (Å²) in [5, 5.41) is 12.8. The van der Waals surface area contributed by atoms with Crippen molar-refractivity contribution < 1.29 is 9.90 Å². The molecule has 0 radical (unpaired) electrons. The van der Waals surface area contributed by atoms with Gasteiger partial charge in [0.1, 0.15) is 16.6 Å². The van der Waals surface area contributed by atoms with Crippen LogP contribution in [-0.2, 0) is 0 Å². The van der Waals surface area contributed by atoms with Gasteiger partial charge < -0.3 is 15.3 Å². The smallest absolute Gasteiger partial charge is 0.356 e. The number of nitrogens with one attached hydrogen (secondary N) is 1. The van der Waals surface area contributed by atoms with E-state index >= 15 is 0 Å². The number of nitrogens with zero attached hydrogens (tertiary/aromatic N) is 4. The van der Waals surface area contributed by atoms with E-state index in [4.69, 9.17) is 16.6 Å². The fraction of sp³-hybridized carbons (Fsp3) is 0.417. The topological polar surface area (TPSA) is 99.8 Å². The molecule has 174 valence electrons. The van der Waals surface area contributed by atoms with Gasteiger partial charge in [-0.15, -0.1) is 0 Å². The highest BCUT2D eigenvalue weighted by Gasteiger charge is 2.27. The summed E-state index contributed by atoms with van der Waals surface area (Å²) in [7, 11) is 0. The van der Waals surface area contributed by atoms with Crippen LogP contribution in [0.1, 0.15) is 61.3 Å². The van der Waals surface area contributed by atoms with Gasteiger partial charge in [0, 0.05) is 30.9 Å². The summed E-state index contributed by atoms with van der Waals surface area (Å²) >= 11 is 5.88. The second-order valence-corrected chi connectivity index (χ2v) is 9.86. The van der Waals surface area contributed by atoms with Gasteiger partial charge >= 0.3 is 5.97 Å². The standard InChI is InChI=1S/C24H28ClN5O3/c1-14-11-16(15(2)26-17-5-6-18(25)27-21(17)23(32)33)22-28-19(12-20(31)30(22)13-14)29-9-7-24(3,4)8-10-29/h5-6,11-13,15,26H,7-10H2,1-4H3,(H,32,33)/t15-/m0/s1. The molecule has 3 aromatic rings. The van der Waals surface area contributed by atoms with Gasteiger partial charge in [-0.3, -0.25) is 9.20 Å². The highest BCUT2D eigenvalue weighted by atomic mass is 35.5. The molecule has 1 aliphatic rings. The molecule has 1 atom stereocenters. The first-order valence-electron chi connectivity index (χ1n) is 11.0. The number of hydrogen-bond donors (Lipinski definition) is 2. The third-order valence-electron chi connectivity index (χ3n) is 6.26. The highest BCUT2D eigenvalue weighted by Crippen LogP contribution is 2.32. The van der Waals surface area contributed by atoms with Gasteiger partial charge in [-0.1, -0.05) is 25.4 Å². The van der Waals surface area contributed by atoms with Gasteiger partial charge in [0.15, 0.2) is 5.69 Å². The molecular formula is C24H28ClN5O3. The maximum Gasteiger partial charge on any atom is 0.356 e. The molecule has 2 N–H and O–H groups in total. The summed E-state index contributed by atoms with van der Waals surface area (Å²) in [6.45, 7) is 10.0. The molecular weight excluding hydrogens is 442 g/mol. The van der Waals surface area contributed by atoms with Crippen molar-refractivity contribution in [2.24, 2.45) is 5.41 Å². The normalized spacial score (nSPS) is 16.6. The van der Waals surface area contributed by atoms with Crippen molar-refractivity contribution in [2.45, 2.75) is 46.6 Å². The van der Waals surface area contributed by atoms with E-state index in [1.54, 1.807) is 22.7 Å². The number of hydrogen-bond acceptors (Lipinski definition) is 6. The molecule has 3 aromatic heterocycles. The van der Waals surface area contributed by atoms with E-state index in [-0.39, 0.29) is 27.9 Å². The number of anilines is 2. The SMILES string of the molecule is Cc1cc([C@H](C)Nc2ccc(Cl)nc2C(=O)O)c2nc(N3CCC(C)(C)CC3)cc(=O)n2c1. The lowest BCUT2D eigenvalue weighted by atomic mass is 9.83. The lowest BCUT2D eigenvalue weighted by Gasteiger charge is -2.37. The second kappa shape index (κ2) is 8.67. The Morgan fingerprint density at radius 1 is 1.21 bits per heavy atom. The number of aryl methyl sites for hydroxylation is 1. The lowest BCUT2D eigenvalue weighted by molar-refractivity contribution is 0.0691. The summed E-state index contributed by atoms with van der Waals surface area (Å²) in [6, 6.07) is 6.34. The number of pyridine rings is 2. The van der Waals surface area contributed by atoms with E-state index in [9.17, 15) is 14.7 Å². The van der Waals surface area contributed by atoms with E-state index in [0.717, 1.165) is 37.1 Å². The Labute approximate surface area is 197 Å². The molecule has 4 rings (SSSR count). The van der Waals surface area contributed by atoms with Crippen molar-refractivity contribution in [1.82, 2.24) is 14.4 Å². The van der Waals surface area contributed by atoms with E-state index in [1.807, 2.05) is 19.9 Å². The Hall–Kier alpha value is -3.13. The van der Waals surface area contributed by atoms with Crippen molar-refractivity contribution in [3.05, 3.63) is 62.8 Å². The predicted octanol–water partition coefficient (Wildman–Crippen LogP) is 4.55. The number of piperidine rings is 1. The molecule has 0 spiro atoms. The number of carboxylic acids is 1. The number of aromatic nitrogens is 3. The van der Waals surface area contributed by atoms with Crippen LogP contribution in [0.2, 0.25) is 5.15 Å². The first-order chi connectivity index (χ1) is 15.5. The van der Waals surface area contributed by atoms with Gasteiger partial charge in [-0.25, -0.2) is 14.8 Å². The maximum absolute atomic E-state index is 13.0. The monoisotopic (exact) mass is 469 g/mol. The summed E-state index contributed by atoms with van der Waals surface area (Å²) in [5.41, 5.74) is 2.57. The van der Waals surface area contributed by atoms with E-state index in [0.29, 0.717) is 17.2 Å². The molecule has 9 heteroatoms. The first-order valence-corrected chi connectivity index (χ1v) is 11.4. The fourth-order valence-electron chi connectivity index (χ4n) is 4.21. The number of carboxylic acid groups (broad SMARTS) is 1. The molecule has 0 amide bonds. The van der Waals surface area contributed by atoms with Crippen LogP contribution in [0, 0.1) is 12.3 Å². The Morgan fingerprint density at radius 3 is 2.58 bits per heavy atom. The Morgan fingerprint density at radius 2 is 1.91 bits per heavy atom. The van der Waals surface area contributed by atoms with E-state index in [1.165, 1.54) is 6.07 Å². The second-order valence-electron chi connectivity index (χ2n) is 9.47. The van der Waals surface area contributed by atoms with Crippen LogP contribution < -0.4 is 15.8 Å². The summed E-state index contributed by atoms with van der Waals surface area (Å²) in [4.78, 5) is 35.6. The Bertz CT molecular complexity index is 1280. The zero-order valence-electron chi connectivity index (χ0n) is 19.2.